The lowest BCUT2D eigenvalue weighted by Gasteiger charge is -2.10. The molecule has 7 heteroatoms. The van der Waals surface area contributed by atoms with Gasteiger partial charge in [-0.15, -0.1) is 0 Å². The largest absolute Gasteiger partial charge is 0.324 e. The molecule has 0 aliphatic heterocycles. The number of hydrazine groups is 1. The predicted molar refractivity (Wildman–Crippen MR) is 94.3 cm³/mol. The summed E-state index contributed by atoms with van der Waals surface area (Å²) in [4.78, 5) is 20.4. The van der Waals surface area contributed by atoms with Crippen molar-refractivity contribution in [3.63, 3.8) is 0 Å². The Kier molecular flexibility index (Phi) is 4.88. The van der Waals surface area contributed by atoms with E-state index in [9.17, 15) is 4.79 Å². The lowest BCUT2D eigenvalue weighted by molar-refractivity contribution is 0.0962. The van der Waals surface area contributed by atoms with Gasteiger partial charge in [0.15, 0.2) is 0 Å². The number of amides is 1. The van der Waals surface area contributed by atoms with Crippen LogP contribution in [0.2, 0.25) is 5.02 Å². The Hall–Kier alpha value is -3.12. The van der Waals surface area contributed by atoms with Crippen LogP contribution in [0.1, 0.15) is 10.4 Å². The number of anilines is 3. The van der Waals surface area contributed by atoms with Crippen LogP contribution in [0.15, 0.2) is 67.0 Å². The maximum absolute atomic E-state index is 12.2. The van der Waals surface area contributed by atoms with Crippen LogP contribution < -0.4 is 16.2 Å². The first-order valence-corrected chi connectivity index (χ1v) is 7.54. The Morgan fingerprint density at radius 1 is 0.917 bits per heavy atom. The van der Waals surface area contributed by atoms with Crippen LogP contribution in [0, 0.1) is 0 Å². The van der Waals surface area contributed by atoms with E-state index in [1.165, 1.54) is 0 Å². The van der Waals surface area contributed by atoms with E-state index in [1.54, 1.807) is 60.9 Å². The maximum Gasteiger partial charge on any atom is 0.269 e. The van der Waals surface area contributed by atoms with E-state index in [-0.39, 0.29) is 5.91 Å². The van der Waals surface area contributed by atoms with Crippen molar-refractivity contribution in [2.75, 3.05) is 10.7 Å². The number of nitrogens with one attached hydrogen (secondary N) is 3. The highest BCUT2D eigenvalue weighted by Gasteiger charge is 2.06. The average Bonchev–Trinajstić information content (AvgIpc) is 2.61. The third kappa shape index (κ3) is 4.21. The molecule has 0 aliphatic carbocycles. The summed E-state index contributed by atoms with van der Waals surface area (Å²) in [5, 5.41) is 3.63. The van der Waals surface area contributed by atoms with E-state index < -0.39 is 0 Å². The van der Waals surface area contributed by atoms with Gasteiger partial charge in [0.25, 0.3) is 5.91 Å². The van der Waals surface area contributed by atoms with Crippen LogP contribution in [0.25, 0.3) is 0 Å². The topological polar surface area (TPSA) is 78.9 Å². The number of benzene rings is 2. The van der Waals surface area contributed by atoms with Crippen molar-refractivity contribution >= 4 is 34.8 Å². The van der Waals surface area contributed by atoms with Gasteiger partial charge in [0, 0.05) is 28.7 Å². The van der Waals surface area contributed by atoms with Crippen molar-refractivity contribution in [1.29, 1.82) is 0 Å². The van der Waals surface area contributed by atoms with Crippen LogP contribution in [0.4, 0.5) is 17.3 Å². The van der Waals surface area contributed by atoms with Crippen LogP contribution in [-0.4, -0.2) is 15.9 Å². The number of hydrogen-bond acceptors (Lipinski definition) is 5. The average molecular weight is 340 g/mol. The summed E-state index contributed by atoms with van der Waals surface area (Å²) in [6.45, 7) is 0. The third-order valence-electron chi connectivity index (χ3n) is 3.09. The normalized spacial score (nSPS) is 10.0. The van der Waals surface area contributed by atoms with Gasteiger partial charge in [-0.3, -0.25) is 15.6 Å². The van der Waals surface area contributed by atoms with E-state index in [0.29, 0.717) is 22.2 Å². The highest BCUT2D eigenvalue weighted by atomic mass is 35.5. The molecule has 24 heavy (non-hydrogen) atoms. The van der Waals surface area contributed by atoms with Crippen LogP contribution in [0.3, 0.4) is 0 Å². The van der Waals surface area contributed by atoms with Gasteiger partial charge in [-0.05, 0) is 42.5 Å². The molecular formula is C17H14ClN5O. The van der Waals surface area contributed by atoms with Gasteiger partial charge in [-0.1, -0.05) is 23.7 Å². The molecule has 120 valence electrons. The second-order valence-electron chi connectivity index (χ2n) is 4.87. The SMILES string of the molecule is O=C(NNc1cccc(Cl)c1)c1cccc(Nc2ncccn2)c1. The number of carbonyl (C=O) groups is 1. The van der Waals surface area contributed by atoms with Crippen LogP contribution in [0.5, 0.6) is 0 Å². The molecule has 3 aromatic rings. The second kappa shape index (κ2) is 7.43. The molecule has 1 heterocycles. The molecule has 3 N–H and O–H groups in total. The van der Waals surface area contributed by atoms with Gasteiger partial charge in [0.2, 0.25) is 5.95 Å². The fraction of sp³-hybridized carbons (Fsp3) is 0. The fourth-order valence-electron chi connectivity index (χ4n) is 2.00. The zero-order valence-electron chi connectivity index (χ0n) is 12.5. The Balaban J connectivity index is 1.66. The summed E-state index contributed by atoms with van der Waals surface area (Å²) < 4.78 is 0. The van der Waals surface area contributed by atoms with E-state index in [4.69, 9.17) is 11.6 Å². The van der Waals surface area contributed by atoms with Crippen molar-refractivity contribution in [2.24, 2.45) is 0 Å². The molecule has 0 saturated heterocycles. The number of hydrogen-bond donors (Lipinski definition) is 3. The monoisotopic (exact) mass is 339 g/mol. The van der Waals surface area contributed by atoms with Gasteiger partial charge < -0.3 is 5.32 Å². The van der Waals surface area contributed by atoms with Crippen molar-refractivity contribution in [2.45, 2.75) is 0 Å². The maximum atomic E-state index is 12.2. The molecule has 0 bridgehead atoms. The van der Waals surface area contributed by atoms with Gasteiger partial charge >= 0.3 is 0 Å². The van der Waals surface area contributed by atoms with Crippen molar-refractivity contribution in [1.82, 2.24) is 15.4 Å². The number of nitrogens with zero attached hydrogens (tertiary/aromatic N) is 2. The van der Waals surface area contributed by atoms with Crippen molar-refractivity contribution in [3.05, 3.63) is 77.6 Å². The van der Waals surface area contributed by atoms with E-state index in [0.717, 1.165) is 5.69 Å². The summed E-state index contributed by atoms with van der Waals surface area (Å²) in [6.07, 6.45) is 3.28. The third-order valence-corrected chi connectivity index (χ3v) is 3.33. The number of halogens is 1. The Bertz CT molecular complexity index is 841. The first-order chi connectivity index (χ1) is 11.7. The minimum Gasteiger partial charge on any atom is -0.324 e. The summed E-state index contributed by atoms with van der Waals surface area (Å²) in [5.74, 6) is 0.194. The quantitative estimate of drug-likeness (QED) is 0.619. The van der Waals surface area contributed by atoms with Crippen LogP contribution in [-0.2, 0) is 0 Å². The zero-order chi connectivity index (χ0) is 16.8. The van der Waals surface area contributed by atoms with Gasteiger partial charge in [-0.2, -0.15) is 0 Å². The minimum atomic E-state index is -0.271. The lowest BCUT2D eigenvalue weighted by Crippen LogP contribution is -2.29. The standard InChI is InChI=1S/C17H14ClN5O/c18-13-5-2-7-15(11-13)22-23-16(24)12-4-1-6-14(10-12)21-17-19-8-3-9-20-17/h1-11,22H,(H,23,24)(H,19,20,21). The summed E-state index contributed by atoms with van der Waals surface area (Å²) >= 11 is 5.90. The Morgan fingerprint density at radius 2 is 1.67 bits per heavy atom. The van der Waals surface area contributed by atoms with E-state index in [1.807, 2.05) is 6.07 Å². The number of aromatic nitrogens is 2. The minimum absolute atomic E-state index is 0.271. The zero-order valence-corrected chi connectivity index (χ0v) is 13.3. The molecule has 2 aromatic carbocycles. The summed E-state index contributed by atoms with van der Waals surface area (Å²) in [7, 11) is 0. The number of carbonyl (C=O) groups excluding carboxylic acids is 1. The molecule has 3 rings (SSSR count). The fourth-order valence-corrected chi connectivity index (χ4v) is 2.19. The first kappa shape index (κ1) is 15.8. The lowest BCUT2D eigenvalue weighted by atomic mass is 10.2. The smallest absolute Gasteiger partial charge is 0.269 e. The number of rotatable bonds is 5. The molecule has 0 atom stereocenters. The Morgan fingerprint density at radius 3 is 2.46 bits per heavy atom. The molecule has 0 radical (unpaired) electrons. The first-order valence-electron chi connectivity index (χ1n) is 7.17. The van der Waals surface area contributed by atoms with Gasteiger partial charge in [0.1, 0.15) is 0 Å². The second-order valence-corrected chi connectivity index (χ2v) is 5.30. The van der Waals surface area contributed by atoms with Crippen molar-refractivity contribution in [3.8, 4) is 0 Å². The summed E-state index contributed by atoms with van der Waals surface area (Å²) in [6, 6.07) is 15.8. The molecule has 0 saturated carbocycles. The molecule has 6 nitrogen and oxygen atoms in total. The highest BCUT2D eigenvalue weighted by Crippen LogP contribution is 2.16. The molecule has 0 unspecified atom stereocenters. The predicted octanol–water partition coefficient (Wildman–Crippen LogP) is 3.63. The molecule has 0 aliphatic rings. The van der Waals surface area contributed by atoms with Crippen molar-refractivity contribution < 1.29 is 4.79 Å². The molecule has 1 aromatic heterocycles. The van der Waals surface area contributed by atoms with Crippen LogP contribution >= 0.6 is 11.6 Å². The molecule has 0 spiro atoms. The Labute approximate surface area is 143 Å². The molecule has 1 amide bonds. The van der Waals surface area contributed by atoms with Gasteiger partial charge in [-0.25, -0.2) is 9.97 Å². The van der Waals surface area contributed by atoms with E-state index in [2.05, 4.69) is 26.1 Å². The molecular weight excluding hydrogens is 326 g/mol. The molecule has 0 fully saturated rings. The summed E-state index contributed by atoms with van der Waals surface area (Å²) in [5.41, 5.74) is 7.36. The highest BCUT2D eigenvalue weighted by molar-refractivity contribution is 6.30. The van der Waals surface area contributed by atoms with E-state index >= 15 is 0 Å². The van der Waals surface area contributed by atoms with Gasteiger partial charge in [0.05, 0.1) is 5.69 Å².